The molecule has 0 bridgehead atoms. The Morgan fingerprint density at radius 1 is 1.35 bits per heavy atom. The quantitative estimate of drug-likeness (QED) is 0.940. The fourth-order valence-corrected chi connectivity index (χ4v) is 1.65. The van der Waals surface area contributed by atoms with E-state index in [0.717, 1.165) is 6.07 Å². The van der Waals surface area contributed by atoms with E-state index in [0.29, 0.717) is 17.1 Å². The maximum atomic E-state index is 12.7. The van der Waals surface area contributed by atoms with Crippen LogP contribution in [0, 0.1) is 6.92 Å². The highest BCUT2D eigenvalue weighted by atomic mass is 19.4. The molecular formula is C12H13F3N4O. The molecule has 0 amide bonds. The molecule has 0 saturated heterocycles. The third kappa shape index (κ3) is 2.90. The molecule has 2 N–H and O–H groups in total. The second kappa shape index (κ2) is 5.12. The number of nitrogens with two attached hydrogens (primary N) is 1. The highest BCUT2D eigenvalue weighted by molar-refractivity contribution is 5.32. The Morgan fingerprint density at radius 2 is 2.05 bits per heavy atom. The van der Waals surface area contributed by atoms with Gasteiger partial charge in [-0.25, -0.2) is 9.67 Å². The summed E-state index contributed by atoms with van der Waals surface area (Å²) in [5.74, 6) is 0.134. The molecule has 0 aromatic carbocycles. The number of halogens is 3. The summed E-state index contributed by atoms with van der Waals surface area (Å²) >= 11 is 0. The largest absolute Gasteiger partial charge is 0.433 e. The molecular weight excluding hydrogens is 273 g/mol. The predicted octanol–water partition coefficient (Wildman–Crippen LogP) is 2.39. The van der Waals surface area contributed by atoms with Gasteiger partial charge in [0.25, 0.3) is 0 Å². The van der Waals surface area contributed by atoms with E-state index in [9.17, 15) is 13.2 Å². The topological polar surface area (TPSA) is 66.0 Å². The molecule has 0 unspecified atom stereocenters. The molecule has 0 saturated carbocycles. The summed E-state index contributed by atoms with van der Waals surface area (Å²) in [5.41, 5.74) is 5.53. The van der Waals surface area contributed by atoms with Crippen molar-refractivity contribution in [2.75, 3.05) is 0 Å². The summed E-state index contributed by atoms with van der Waals surface area (Å²) in [4.78, 5) is 3.49. The van der Waals surface area contributed by atoms with Crippen LogP contribution < -0.4 is 10.5 Å². The molecule has 2 rings (SSSR count). The average Bonchev–Trinajstić information content (AvgIpc) is 2.66. The zero-order valence-corrected chi connectivity index (χ0v) is 10.9. The fraction of sp³-hybridized carbons (Fsp3) is 0.333. The number of ether oxygens (including phenoxy) is 1. The minimum Gasteiger partial charge on any atom is -0.421 e. The molecule has 20 heavy (non-hydrogen) atoms. The lowest BCUT2D eigenvalue weighted by Crippen LogP contribution is -2.11. The van der Waals surface area contributed by atoms with Gasteiger partial charge in [-0.2, -0.15) is 18.3 Å². The van der Waals surface area contributed by atoms with Gasteiger partial charge in [-0.15, -0.1) is 0 Å². The first kappa shape index (κ1) is 14.3. The number of alkyl halides is 3. The van der Waals surface area contributed by atoms with Crippen molar-refractivity contribution in [3.8, 4) is 11.8 Å². The average molecular weight is 286 g/mol. The smallest absolute Gasteiger partial charge is 0.421 e. The van der Waals surface area contributed by atoms with Gasteiger partial charge in [-0.1, -0.05) is 6.07 Å². The number of hydrogen-bond acceptors (Lipinski definition) is 4. The van der Waals surface area contributed by atoms with Gasteiger partial charge >= 0.3 is 6.18 Å². The number of nitrogens with zero attached hydrogens (tertiary/aromatic N) is 3. The van der Waals surface area contributed by atoms with Crippen LogP contribution in [0.5, 0.6) is 11.8 Å². The van der Waals surface area contributed by atoms with E-state index in [1.54, 1.807) is 20.0 Å². The molecule has 0 atom stereocenters. The maximum Gasteiger partial charge on any atom is 0.433 e. The van der Waals surface area contributed by atoms with Crippen molar-refractivity contribution in [2.24, 2.45) is 12.8 Å². The van der Waals surface area contributed by atoms with E-state index in [-0.39, 0.29) is 12.4 Å². The second-order valence-electron chi connectivity index (χ2n) is 4.21. The minimum atomic E-state index is -4.53. The Labute approximate surface area is 113 Å². The number of aromatic nitrogens is 3. The van der Waals surface area contributed by atoms with Crippen molar-refractivity contribution in [3.05, 3.63) is 35.2 Å². The third-order valence-electron chi connectivity index (χ3n) is 2.61. The second-order valence-corrected chi connectivity index (χ2v) is 4.21. The van der Waals surface area contributed by atoms with Crippen LogP contribution in [0.3, 0.4) is 0 Å². The van der Waals surface area contributed by atoms with Crippen LogP contribution in [0.2, 0.25) is 0 Å². The molecule has 2 aromatic rings. The van der Waals surface area contributed by atoms with Gasteiger partial charge in [-0.05, 0) is 13.0 Å². The molecule has 0 fully saturated rings. The number of pyridine rings is 1. The van der Waals surface area contributed by atoms with Crippen LogP contribution in [0.1, 0.15) is 17.0 Å². The molecule has 2 heterocycles. The summed E-state index contributed by atoms with van der Waals surface area (Å²) in [6.45, 7) is 1.77. The number of hydrogen-bond donors (Lipinski definition) is 1. The molecule has 0 spiro atoms. The lowest BCUT2D eigenvalue weighted by molar-refractivity contribution is -0.141. The Hall–Kier alpha value is -2.09. The van der Waals surface area contributed by atoms with Gasteiger partial charge < -0.3 is 10.5 Å². The van der Waals surface area contributed by atoms with Crippen LogP contribution >= 0.6 is 0 Å². The fourth-order valence-electron chi connectivity index (χ4n) is 1.65. The lowest BCUT2D eigenvalue weighted by atomic mass is 10.2. The zero-order chi connectivity index (χ0) is 14.9. The number of aryl methyl sites for hydroxylation is 2. The monoisotopic (exact) mass is 286 g/mol. The van der Waals surface area contributed by atoms with Crippen molar-refractivity contribution in [2.45, 2.75) is 19.6 Å². The highest BCUT2D eigenvalue weighted by Crippen LogP contribution is 2.31. The van der Waals surface area contributed by atoms with Gasteiger partial charge in [0.2, 0.25) is 11.8 Å². The summed E-state index contributed by atoms with van der Waals surface area (Å²) in [6.07, 6.45) is -4.53. The van der Waals surface area contributed by atoms with Gasteiger partial charge in [0, 0.05) is 25.2 Å². The Morgan fingerprint density at radius 3 is 2.55 bits per heavy atom. The van der Waals surface area contributed by atoms with E-state index in [1.807, 2.05) is 0 Å². The SMILES string of the molecule is Cc1cc(Oc2nc(C(F)(F)F)ccc2CN)n(C)n1. The normalized spacial score (nSPS) is 11.7. The minimum absolute atomic E-state index is 0.0251. The van der Waals surface area contributed by atoms with Crippen LogP contribution in [-0.4, -0.2) is 14.8 Å². The standard InChI is InChI=1S/C12H13F3N4O/c1-7-5-10(19(2)18-7)20-11-8(6-16)3-4-9(17-11)12(13,14)15/h3-5H,6,16H2,1-2H3. The van der Waals surface area contributed by atoms with Crippen molar-refractivity contribution >= 4 is 0 Å². The van der Waals surface area contributed by atoms with Crippen LogP contribution in [0.4, 0.5) is 13.2 Å². The molecule has 108 valence electrons. The van der Waals surface area contributed by atoms with Crippen LogP contribution in [0.25, 0.3) is 0 Å². The molecule has 0 aliphatic rings. The Kier molecular flexibility index (Phi) is 3.67. The first-order valence-corrected chi connectivity index (χ1v) is 5.77. The zero-order valence-electron chi connectivity index (χ0n) is 10.9. The molecule has 2 aromatic heterocycles. The molecule has 0 radical (unpaired) electrons. The summed E-state index contributed by atoms with van der Waals surface area (Å²) in [5, 5.41) is 4.04. The first-order valence-electron chi connectivity index (χ1n) is 5.77. The molecule has 8 heteroatoms. The van der Waals surface area contributed by atoms with E-state index < -0.39 is 11.9 Å². The summed E-state index contributed by atoms with van der Waals surface area (Å²) in [7, 11) is 1.62. The van der Waals surface area contributed by atoms with Crippen molar-refractivity contribution in [1.29, 1.82) is 0 Å². The summed E-state index contributed by atoms with van der Waals surface area (Å²) in [6, 6.07) is 3.74. The van der Waals surface area contributed by atoms with Crippen LogP contribution in [-0.2, 0) is 19.8 Å². The van der Waals surface area contributed by atoms with Crippen LogP contribution in [0.15, 0.2) is 18.2 Å². The molecule has 0 aliphatic carbocycles. The van der Waals surface area contributed by atoms with Gasteiger partial charge in [0.1, 0.15) is 5.69 Å². The van der Waals surface area contributed by atoms with E-state index >= 15 is 0 Å². The highest BCUT2D eigenvalue weighted by Gasteiger charge is 2.33. The maximum absolute atomic E-state index is 12.7. The lowest BCUT2D eigenvalue weighted by Gasteiger charge is -2.12. The first-order chi connectivity index (χ1) is 9.31. The van der Waals surface area contributed by atoms with Crippen molar-refractivity contribution in [1.82, 2.24) is 14.8 Å². The van der Waals surface area contributed by atoms with E-state index in [1.165, 1.54) is 10.7 Å². The van der Waals surface area contributed by atoms with Crippen molar-refractivity contribution in [3.63, 3.8) is 0 Å². The number of rotatable bonds is 3. The van der Waals surface area contributed by atoms with Crippen molar-refractivity contribution < 1.29 is 17.9 Å². The van der Waals surface area contributed by atoms with Gasteiger partial charge in [-0.3, -0.25) is 0 Å². The summed E-state index contributed by atoms with van der Waals surface area (Å²) < 4.78 is 44.8. The predicted molar refractivity (Wildman–Crippen MR) is 65.1 cm³/mol. The van der Waals surface area contributed by atoms with Gasteiger partial charge in [0.05, 0.1) is 5.69 Å². The third-order valence-corrected chi connectivity index (χ3v) is 2.61. The van der Waals surface area contributed by atoms with E-state index in [4.69, 9.17) is 10.5 Å². The molecule has 5 nitrogen and oxygen atoms in total. The van der Waals surface area contributed by atoms with E-state index in [2.05, 4.69) is 10.1 Å². The Bertz CT molecular complexity index is 622. The Balaban J connectivity index is 2.41. The molecule has 0 aliphatic heterocycles. The van der Waals surface area contributed by atoms with Gasteiger partial charge in [0.15, 0.2) is 0 Å².